The number of nitrogens with two attached hydrogens (primary N) is 1. The zero-order valence-corrected chi connectivity index (χ0v) is 7.32. The third-order valence-corrected chi connectivity index (χ3v) is 2.03. The third-order valence-electron chi connectivity index (χ3n) is 2.03. The molecule has 13 heavy (non-hydrogen) atoms. The van der Waals surface area contributed by atoms with E-state index >= 15 is 0 Å². The summed E-state index contributed by atoms with van der Waals surface area (Å²) in [6.45, 7) is 0. The Morgan fingerprint density at radius 1 is 1.23 bits per heavy atom. The molecule has 1 heterocycles. The maximum absolute atomic E-state index is 5.80. The SMILES string of the molecule is COc1ccc(N)c2ccncc12. The molecular formula is C10H10N2O. The second kappa shape index (κ2) is 2.94. The zero-order valence-electron chi connectivity index (χ0n) is 7.32. The number of ether oxygens (including phenoxy) is 1. The summed E-state index contributed by atoms with van der Waals surface area (Å²) in [5, 5.41) is 1.93. The molecular weight excluding hydrogens is 164 g/mol. The lowest BCUT2D eigenvalue weighted by Crippen LogP contribution is -1.90. The van der Waals surface area contributed by atoms with Crippen LogP contribution in [0.4, 0.5) is 5.69 Å². The van der Waals surface area contributed by atoms with Crippen LogP contribution >= 0.6 is 0 Å². The predicted molar refractivity (Wildman–Crippen MR) is 52.7 cm³/mol. The van der Waals surface area contributed by atoms with Crippen LogP contribution in [0.2, 0.25) is 0 Å². The number of hydrogen-bond donors (Lipinski definition) is 1. The first-order valence-electron chi connectivity index (χ1n) is 3.99. The molecule has 0 bridgehead atoms. The highest BCUT2D eigenvalue weighted by Gasteiger charge is 2.02. The first-order chi connectivity index (χ1) is 6.33. The van der Waals surface area contributed by atoms with E-state index in [1.807, 2.05) is 18.2 Å². The lowest BCUT2D eigenvalue weighted by Gasteiger charge is -2.06. The molecule has 0 aliphatic rings. The molecule has 3 heteroatoms. The average molecular weight is 174 g/mol. The summed E-state index contributed by atoms with van der Waals surface area (Å²) in [7, 11) is 1.64. The van der Waals surface area contributed by atoms with Crippen molar-refractivity contribution in [3.63, 3.8) is 0 Å². The molecule has 1 aromatic heterocycles. The summed E-state index contributed by atoms with van der Waals surface area (Å²) in [4.78, 5) is 4.03. The molecule has 2 N–H and O–H groups in total. The van der Waals surface area contributed by atoms with E-state index in [4.69, 9.17) is 10.5 Å². The van der Waals surface area contributed by atoms with Crippen LogP contribution in [-0.4, -0.2) is 12.1 Å². The molecule has 1 aromatic carbocycles. The largest absolute Gasteiger partial charge is 0.496 e. The fourth-order valence-corrected chi connectivity index (χ4v) is 1.37. The van der Waals surface area contributed by atoms with Crippen LogP contribution in [0.15, 0.2) is 30.6 Å². The van der Waals surface area contributed by atoms with Gasteiger partial charge in [0.05, 0.1) is 7.11 Å². The second-order valence-electron chi connectivity index (χ2n) is 2.78. The van der Waals surface area contributed by atoms with Crippen LogP contribution in [0, 0.1) is 0 Å². The van der Waals surface area contributed by atoms with Crippen molar-refractivity contribution < 1.29 is 4.74 Å². The van der Waals surface area contributed by atoms with Crippen molar-refractivity contribution in [1.29, 1.82) is 0 Å². The predicted octanol–water partition coefficient (Wildman–Crippen LogP) is 1.83. The minimum Gasteiger partial charge on any atom is -0.496 e. The Hall–Kier alpha value is -1.77. The standard InChI is InChI=1S/C10H10N2O/c1-13-10-3-2-9(11)7-4-5-12-6-8(7)10/h2-6H,11H2,1H3. The van der Waals surface area contributed by atoms with Crippen molar-refractivity contribution in [1.82, 2.24) is 4.98 Å². The van der Waals surface area contributed by atoms with E-state index in [1.165, 1.54) is 0 Å². The smallest absolute Gasteiger partial charge is 0.128 e. The molecule has 0 aliphatic heterocycles. The monoisotopic (exact) mass is 174 g/mol. The van der Waals surface area contributed by atoms with Crippen molar-refractivity contribution >= 4 is 16.5 Å². The van der Waals surface area contributed by atoms with E-state index < -0.39 is 0 Å². The van der Waals surface area contributed by atoms with Gasteiger partial charge in [-0.3, -0.25) is 4.98 Å². The summed E-state index contributed by atoms with van der Waals surface area (Å²) in [6.07, 6.45) is 3.47. The van der Waals surface area contributed by atoms with Crippen molar-refractivity contribution in [3.8, 4) is 5.75 Å². The van der Waals surface area contributed by atoms with Gasteiger partial charge in [-0.05, 0) is 18.2 Å². The molecule has 3 nitrogen and oxygen atoms in total. The van der Waals surface area contributed by atoms with Crippen LogP contribution in [-0.2, 0) is 0 Å². The maximum atomic E-state index is 5.80. The van der Waals surface area contributed by atoms with Crippen molar-refractivity contribution in [2.75, 3.05) is 12.8 Å². The molecule has 2 aromatic rings. The van der Waals surface area contributed by atoms with Gasteiger partial charge in [0.25, 0.3) is 0 Å². The van der Waals surface area contributed by atoms with Crippen molar-refractivity contribution in [2.24, 2.45) is 0 Å². The summed E-state index contributed by atoms with van der Waals surface area (Å²) in [6, 6.07) is 5.56. The first-order valence-corrected chi connectivity index (χ1v) is 3.99. The van der Waals surface area contributed by atoms with Crippen LogP contribution in [0.5, 0.6) is 5.75 Å². The van der Waals surface area contributed by atoms with E-state index in [2.05, 4.69) is 4.98 Å². The summed E-state index contributed by atoms with van der Waals surface area (Å²) in [5.74, 6) is 0.803. The van der Waals surface area contributed by atoms with Crippen molar-refractivity contribution in [2.45, 2.75) is 0 Å². The molecule has 0 saturated carbocycles. The van der Waals surface area contributed by atoms with Crippen LogP contribution in [0.1, 0.15) is 0 Å². The molecule has 0 atom stereocenters. The second-order valence-corrected chi connectivity index (χ2v) is 2.78. The highest BCUT2D eigenvalue weighted by Crippen LogP contribution is 2.28. The summed E-state index contributed by atoms with van der Waals surface area (Å²) < 4.78 is 5.19. The number of aromatic nitrogens is 1. The fraction of sp³-hybridized carbons (Fsp3) is 0.100. The molecule has 0 radical (unpaired) electrons. The molecule has 0 spiro atoms. The van der Waals surface area contributed by atoms with Crippen LogP contribution < -0.4 is 10.5 Å². The Bertz CT molecular complexity index is 440. The fourth-order valence-electron chi connectivity index (χ4n) is 1.37. The third kappa shape index (κ3) is 1.18. The van der Waals surface area contributed by atoms with Gasteiger partial charge in [-0.2, -0.15) is 0 Å². The van der Waals surface area contributed by atoms with Gasteiger partial charge in [-0.1, -0.05) is 0 Å². The average Bonchev–Trinajstić information content (AvgIpc) is 2.19. The molecule has 0 amide bonds. The Kier molecular flexibility index (Phi) is 1.77. The van der Waals surface area contributed by atoms with E-state index in [0.29, 0.717) is 0 Å². The lowest BCUT2D eigenvalue weighted by molar-refractivity contribution is 0.420. The molecule has 0 aliphatic carbocycles. The molecule has 0 saturated heterocycles. The number of nitrogen functional groups attached to an aromatic ring is 1. The molecule has 66 valence electrons. The Morgan fingerprint density at radius 3 is 2.85 bits per heavy atom. The normalized spacial score (nSPS) is 10.2. The Labute approximate surface area is 76.2 Å². The number of methoxy groups -OCH3 is 1. The lowest BCUT2D eigenvalue weighted by atomic mass is 10.1. The Balaban J connectivity index is 2.84. The van der Waals surface area contributed by atoms with E-state index in [9.17, 15) is 0 Å². The summed E-state index contributed by atoms with van der Waals surface area (Å²) >= 11 is 0. The zero-order chi connectivity index (χ0) is 9.26. The van der Waals surface area contributed by atoms with E-state index in [0.717, 1.165) is 22.2 Å². The number of rotatable bonds is 1. The van der Waals surface area contributed by atoms with Gasteiger partial charge >= 0.3 is 0 Å². The van der Waals surface area contributed by atoms with Gasteiger partial charge in [0, 0.05) is 28.9 Å². The molecule has 0 fully saturated rings. The van der Waals surface area contributed by atoms with Crippen molar-refractivity contribution in [3.05, 3.63) is 30.6 Å². The molecule has 0 unspecified atom stereocenters. The van der Waals surface area contributed by atoms with E-state index in [-0.39, 0.29) is 0 Å². The van der Waals surface area contributed by atoms with Gasteiger partial charge in [-0.25, -0.2) is 0 Å². The van der Waals surface area contributed by atoms with Gasteiger partial charge in [0.2, 0.25) is 0 Å². The highest BCUT2D eigenvalue weighted by molar-refractivity contribution is 5.96. The van der Waals surface area contributed by atoms with Gasteiger partial charge in [0.15, 0.2) is 0 Å². The topological polar surface area (TPSA) is 48.1 Å². The molecule has 2 rings (SSSR count). The number of anilines is 1. The highest BCUT2D eigenvalue weighted by atomic mass is 16.5. The van der Waals surface area contributed by atoms with Crippen LogP contribution in [0.25, 0.3) is 10.8 Å². The van der Waals surface area contributed by atoms with Gasteiger partial charge in [0.1, 0.15) is 5.75 Å². The number of pyridine rings is 1. The first kappa shape index (κ1) is 7.86. The Morgan fingerprint density at radius 2 is 2.08 bits per heavy atom. The number of hydrogen-bond acceptors (Lipinski definition) is 3. The summed E-state index contributed by atoms with van der Waals surface area (Å²) in [5.41, 5.74) is 6.54. The minimum atomic E-state index is 0.748. The maximum Gasteiger partial charge on any atom is 0.128 e. The number of fused-ring (bicyclic) bond motifs is 1. The van der Waals surface area contributed by atoms with Crippen LogP contribution in [0.3, 0.4) is 0 Å². The van der Waals surface area contributed by atoms with E-state index in [1.54, 1.807) is 19.5 Å². The number of nitrogens with zero attached hydrogens (tertiary/aromatic N) is 1. The quantitative estimate of drug-likeness (QED) is 0.671. The van der Waals surface area contributed by atoms with Gasteiger partial charge in [-0.15, -0.1) is 0 Å². The van der Waals surface area contributed by atoms with Gasteiger partial charge < -0.3 is 10.5 Å². The number of benzene rings is 1. The minimum absolute atomic E-state index is 0.748.